The number of rotatable bonds is 2. The lowest BCUT2D eigenvalue weighted by molar-refractivity contribution is -0.146. The van der Waals surface area contributed by atoms with Crippen LogP contribution in [-0.4, -0.2) is 34.1 Å². The Morgan fingerprint density at radius 1 is 1.47 bits per heavy atom. The van der Waals surface area contributed by atoms with Crippen LogP contribution in [-0.2, 0) is 4.79 Å². The monoisotopic (exact) mass is 232 g/mol. The average Bonchev–Trinajstić information content (AvgIpc) is 2.39. The van der Waals surface area contributed by atoms with Crippen molar-refractivity contribution in [1.29, 1.82) is 5.26 Å². The highest BCUT2D eigenvalue weighted by atomic mass is 16.4. The summed E-state index contributed by atoms with van der Waals surface area (Å²) in [4.78, 5) is 13.1. The second-order valence-corrected chi connectivity index (χ2v) is 4.57. The van der Waals surface area contributed by atoms with E-state index in [1.54, 1.807) is 0 Å². The van der Waals surface area contributed by atoms with Crippen LogP contribution in [0.25, 0.3) is 0 Å². The zero-order chi connectivity index (χ0) is 12.3. The van der Waals surface area contributed by atoms with Crippen molar-refractivity contribution in [3.05, 3.63) is 24.3 Å². The molecule has 0 spiro atoms. The smallest absolute Gasteiger partial charge is 0.320 e. The molecule has 0 bridgehead atoms. The van der Waals surface area contributed by atoms with Gasteiger partial charge in [0.05, 0.1) is 6.07 Å². The number of hydrogen-bond acceptors (Lipinski definition) is 3. The lowest BCUT2D eigenvalue weighted by atomic mass is 9.86. The third-order valence-electron chi connectivity index (χ3n) is 3.54. The summed E-state index contributed by atoms with van der Waals surface area (Å²) in [6.07, 6.45) is 10.6. The van der Waals surface area contributed by atoms with Gasteiger partial charge >= 0.3 is 5.97 Å². The molecule has 1 N–H and O–H groups in total. The molecule has 1 heterocycles. The van der Waals surface area contributed by atoms with Crippen LogP contribution in [0.4, 0.5) is 0 Å². The molecule has 4 nitrogen and oxygen atoms in total. The molecule has 2 rings (SSSR count). The molecule has 0 unspecified atom stereocenters. The van der Waals surface area contributed by atoms with Crippen LogP contribution in [0.15, 0.2) is 24.3 Å². The molecular formula is C13H16N2O2. The molecule has 0 aromatic rings. The predicted octanol–water partition coefficient (Wildman–Crippen LogP) is 1.70. The van der Waals surface area contributed by atoms with Gasteiger partial charge in [0.25, 0.3) is 0 Å². The fourth-order valence-electron chi connectivity index (χ4n) is 2.64. The molecule has 1 aliphatic carbocycles. The van der Waals surface area contributed by atoms with Crippen molar-refractivity contribution < 1.29 is 9.90 Å². The zero-order valence-corrected chi connectivity index (χ0v) is 9.67. The number of likely N-dealkylation sites (tertiary alicyclic amines) is 1. The molecular weight excluding hydrogens is 216 g/mol. The first-order chi connectivity index (χ1) is 8.19. The van der Waals surface area contributed by atoms with E-state index in [0.717, 1.165) is 12.8 Å². The normalized spacial score (nSPS) is 33.2. The fourth-order valence-corrected chi connectivity index (χ4v) is 2.64. The lowest BCUT2D eigenvalue weighted by Gasteiger charge is -2.43. The number of nitriles is 1. The van der Waals surface area contributed by atoms with Crippen molar-refractivity contribution in [2.24, 2.45) is 0 Å². The Balaban J connectivity index is 2.29. The first-order valence-electron chi connectivity index (χ1n) is 5.95. The van der Waals surface area contributed by atoms with Gasteiger partial charge < -0.3 is 5.11 Å². The Hall–Kier alpha value is -1.60. The van der Waals surface area contributed by atoms with E-state index in [4.69, 9.17) is 0 Å². The highest BCUT2D eigenvalue weighted by Crippen LogP contribution is 2.31. The van der Waals surface area contributed by atoms with Crippen molar-refractivity contribution in [3.63, 3.8) is 0 Å². The maximum Gasteiger partial charge on any atom is 0.320 e. The molecule has 2 atom stereocenters. The number of allylic oxidation sites excluding steroid dienone is 2. The summed E-state index contributed by atoms with van der Waals surface area (Å²) in [5.74, 6) is -0.817. The van der Waals surface area contributed by atoms with Crippen LogP contribution in [0.5, 0.6) is 0 Å². The molecule has 4 heteroatoms. The topological polar surface area (TPSA) is 64.3 Å². The molecule has 0 radical (unpaired) electrons. The summed E-state index contributed by atoms with van der Waals surface area (Å²) < 4.78 is 0. The van der Waals surface area contributed by atoms with Crippen molar-refractivity contribution >= 4 is 5.97 Å². The Morgan fingerprint density at radius 3 is 2.88 bits per heavy atom. The highest BCUT2D eigenvalue weighted by molar-refractivity contribution is 5.74. The zero-order valence-electron chi connectivity index (χ0n) is 9.67. The van der Waals surface area contributed by atoms with Gasteiger partial charge in [-0.1, -0.05) is 24.6 Å². The Labute approximate surface area is 101 Å². The van der Waals surface area contributed by atoms with E-state index in [0.29, 0.717) is 19.4 Å². The molecule has 1 fully saturated rings. The van der Waals surface area contributed by atoms with Crippen molar-refractivity contribution in [2.45, 2.75) is 37.3 Å². The molecule has 2 aliphatic rings. The van der Waals surface area contributed by atoms with E-state index in [1.165, 1.54) is 0 Å². The molecule has 17 heavy (non-hydrogen) atoms. The fraction of sp³-hybridized carbons (Fsp3) is 0.538. The SMILES string of the molecule is N#C[C@@]1(N2CCCC[C@@H]2C(=O)O)C=CC=CC1. The second kappa shape index (κ2) is 4.72. The number of carboxylic acid groups (broad SMARTS) is 1. The summed E-state index contributed by atoms with van der Waals surface area (Å²) in [6.45, 7) is 0.683. The van der Waals surface area contributed by atoms with Crippen LogP contribution < -0.4 is 0 Å². The Morgan fingerprint density at radius 2 is 2.29 bits per heavy atom. The van der Waals surface area contributed by atoms with E-state index in [-0.39, 0.29) is 0 Å². The van der Waals surface area contributed by atoms with E-state index in [1.807, 2.05) is 29.2 Å². The molecule has 0 amide bonds. The van der Waals surface area contributed by atoms with Crippen LogP contribution in [0, 0.1) is 11.3 Å². The van der Waals surface area contributed by atoms with Crippen LogP contribution in [0.2, 0.25) is 0 Å². The maximum absolute atomic E-state index is 11.3. The summed E-state index contributed by atoms with van der Waals surface area (Å²) in [5.41, 5.74) is -0.766. The van der Waals surface area contributed by atoms with Gasteiger partial charge in [0.2, 0.25) is 0 Å². The van der Waals surface area contributed by atoms with Gasteiger partial charge in [-0.15, -0.1) is 0 Å². The molecule has 0 saturated carbocycles. The van der Waals surface area contributed by atoms with Gasteiger partial charge in [0.15, 0.2) is 0 Å². The number of piperidine rings is 1. The molecule has 1 aliphatic heterocycles. The van der Waals surface area contributed by atoms with Gasteiger partial charge in [-0.25, -0.2) is 0 Å². The number of aliphatic carboxylic acids is 1. The minimum Gasteiger partial charge on any atom is -0.480 e. The number of carbonyl (C=O) groups is 1. The number of carboxylic acids is 1. The highest BCUT2D eigenvalue weighted by Gasteiger charge is 2.42. The van der Waals surface area contributed by atoms with E-state index < -0.39 is 17.6 Å². The number of nitrogens with zero attached hydrogens (tertiary/aromatic N) is 2. The molecule has 90 valence electrons. The van der Waals surface area contributed by atoms with Crippen molar-refractivity contribution in [1.82, 2.24) is 4.90 Å². The standard InChI is InChI=1S/C13H16N2O2/c14-10-13(7-3-1-4-8-13)15-9-5-2-6-11(15)12(16)17/h1,3-4,7,11H,2,5-6,8-9H2,(H,16,17)/t11-,13-/m1/s1. The lowest BCUT2D eigenvalue weighted by Crippen LogP contribution is -2.56. The third kappa shape index (κ3) is 2.11. The second-order valence-electron chi connectivity index (χ2n) is 4.57. The van der Waals surface area contributed by atoms with Crippen LogP contribution >= 0.6 is 0 Å². The van der Waals surface area contributed by atoms with Crippen molar-refractivity contribution in [3.8, 4) is 6.07 Å². The Bertz CT molecular complexity index is 408. The van der Waals surface area contributed by atoms with E-state index in [9.17, 15) is 15.2 Å². The average molecular weight is 232 g/mol. The maximum atomic E-state index is 11.3. The quantitative estimate of drug-likeness (QED) is 0.787. The predicted molar refractivity (Wildman–Crippen MR) is 63.2 cm³/mol. The van der Waals surface area contributed by atoms with Crippen molar-refractivity contribution in [2.75, 3.05) is 6.54 Å². The Kier molecular flexibility index (Phi) is 3.30. The minimum atomic E-state index is -0.817. The summed E-state index contributed by atoms with van der Waals surface area (Å²) in [6, 6.07) is 1.77. The summed E-state index contributed by atoms with van der Waals surface area (Å²) >= 11 is 0. The van der Waals surface area contributed by atoms with Gasteiger partial charge in [0.1, 0.15) is 11.6 Å². The third-order valence-corrected chi connectivity index (χ3v) is 3.54. The summed E-state index contributed by atoms with van der Waals surface area (Å²) in [7, 11) is 0. The van der Waals surface area contributed by atoms with Crippen LogP contribution in [0.3, 0.4) is 0 Å². The van der Waals surface area contributed by atoms with Gasteiger partial charge in [-0.2, -0.15) is 5.26 Å². The first-order valence-corrected chi connectivity index (χ1v) is 5.95. The van der Waals surface area contributed by atoms with Crippen LogP contribution in [0.1, 0.15) is 25.7 Å². The van der Waals surface area contributed by atoms with Gasteiger partial charge in [0, 0.05) is 13.0 Å². The molecule has 0 aromatic heterocycles. The van der Waals surface area contributed by atoms with Gasteiger partial charge in [-0.05, 0) is 18.9 Å². The van der Waals surface area contributed by atoms with E-state index in [2.05, 4.69) is 6.07 Å². The molecule has 1 saturated heterocycles. The van der Waals surface area contributed by atoms with Gasteiger partial charge in [-0.3, -0.25) is 9.69 Å². The minimum absolute atomic E-state index is 0.528. The van der Waals surface area contributed by atoms with E-state index >= 15 is 0 Å². The first kappa shape index (κ1) is 11.9. The largest absolute Gasteiger partial charge is 0.480 e. The summed E-state index contributed by atoms with van der Waals surface area (Å²) in [5, 5.41) is 18.7. The molecule has 0 aromatic carbocycles. The number of hydrogen-bond donors (Lipinski definition) is 1.